The van der Waals surface area contributed by atoms with Gasteiger partial charge in [-0.25, -0.2) is 10.1 Å². The number of rotatable bonds is 9. The molecule has 12 heteroatoms. The maximum atomic E-state index is 13.6. The van der Waals surface area contributed by atoms with Gasteiger partial charge in [0.15, 0.2) is 5.82 Å². The van der Waals surface area contributed by atoms with Crippen molar-refractivity contribution >= 4 is 27.0 Å². The average molecular weight is 529 g/mol. The van der Waals surface area contributed by atoms with Gasteiger partial charge < -0.3 is 9.47 Å². The van der Waals surface area contributed by atoms with Crippen molar-refractivity contribution in [1.82, 2.24) is 25.6 Å². The molecule has 0 amide bonds. The molecule has 1 N–H and O–H groups in total. The lowest BCUT2D eigenvalue weighted by molar-refractivity contribution is 0.297. The lowest BCUT2D eigenvalue weighted by Crippen LogP contribution is -2.37. The number of nitrogens with one attached hydrogen (secondary N) is 1. The SMILES string of the molecule is COc1cc(-c2nnn[nH]2)ccc1COc1cc(C)c(C)cc1N(C(C)C)S(=O)(=O)c1nc(C)cs1. The highest BCUT2D eigenvalue weighted by atomic mass is 32.2. The summed E-state index contributed by atoms with van der Waals surface area (Å²) in [5, 5.41) is 15.6. The minimum absolute atomic E-state index is 0.0528. The summed E-state index contributed by atoms with van der Waals surface area (Å²) in [6.45, 7) is 9.51. The van der Waals surface area contributed by atoms with Crippen molar-refractivity contribution in [2.45, 2.75) is 51.6 Å². The molecule has 0 saturated heterocycles. The molecule has 0 aliphatic carbocycles. The molecule has 190 valence electrons. The van der Waals surface area contributed by atoms with Gasteiger partial charge >= 0.3 is 0 Å². The van der Waals surface area contributed by atoms with E-state index < -0.39 is 10.0 Å². The third-order valence-corrected chi connectivity index (χ3v) is 8.99. The van der Waals surface area contributed by atoms with Crippen LogP contribution < -0.4 is 13.8 Å². The molecule has 0 radical (unpaired) electrons. The number of thiazole rings is 1. The van der Waals surface area contributed by atoms with Gasteiger partial charge in [0.2, 0.25) is 4.34 Å². The minimum atomic E-state index is -3.90. The van der Waals surface area contributed by atoms with Gasteiger partial charge in [-0.05, 0) is 74.4 Å². The van der Waals surface area contributed by atoms with Crippen LogP contribution in [0.2, 0.25) is 0 Å². The molecule has 0 saturated carbocycles. The van der Waals surface area contributed by atoms with Crippen molar-refractivity contribution in [1.29, 1.82) is 0 Å². The Morgan fingerprint density at radius 2 is 1.83 bits per heavy atom. The van der Waals surface area contributed by atoms with Crippen LogP contribution in [0.4, 0.5) is 5.69 Å². The number of nitrogens with zero attached hydrogens (tertiary/aromatic N) is 5. The van der Waals surface area contributed by atoms with E-state index in [0.717, 1.165) is 33.6 Å². The van der Waals surface area contributed by atoms with E-state index in [-0.39, 0.29) is 17.0 Å². The molecule has 0 aliphatic rings. The fraction of sp³-hybridized carbons (Fsp3) is 0.333. The normalized spacial score (nSPS) is 11.6. The van der Waals surface area contributed by atoms with Gasteiger partial charge in [0.1, 0.15) is 18.1 Å². The monoisotopic (exact) mass is 528 g/mol. The maximum absolute atomic E-state index is 13.6. The number of sulfonamides is 1. The second kappa shape index (κ2) is 10.2. The fourth-order valence-electron chi connectivity index (χ4n) is 3.73. The number of hydrogen-bond acceptors (Lipinski definition) is 9. The van der Waals surface area contributed by atoms with Crippen LogP contribution in [0.15, 0.2) is 40.1 Å². The number of aromatic amines is 1. The number of aromatic nitrogens is 5. The van der Waals surface area contributed by atoms with Gasteiger partial charge in [-0.1, -0.05) is 12.1 Å². The molecular weight excluding hydrogens is 500 g/mol. The van der Waals surface area contributed by atoms with Crippen LogP contribution in [0.5, 0.6) is 11.5 Å². The zero-order chi connectivity index (χ0) is 26.0. The van der Waals surface area contributed by atoms with Gasteiger partial charge in [0, 0.05) is 28.2 Å². The van der Waals surface area contributed by atoms with Crippen LogP contribution in [0.3, 0.4) is 0 Å². The summed E-state index contributed by atoms with van der Waals surface area (Å²) in [5.41, 5.74) is 4.62. The van der Waals surface area contributed by atoms with Crippen LogP contribution in [0.1, 0.15) is 36.2 Å². The third kappa shape index (κ3) is 5.05. The molecule has 4 rings (SSSR count). The first-order valence-electron chi connectivity index (χ1n) is 11.2. The van der Waals surface area contributed by atoms with Crippen molar-refractivity contribution in [2.24, 2.45) is 0 Å². The van der Waals surface area contributed by atoms with Crippen LogP contribution in [0.25, 0.3) is 11.4 Å². The minimum Gasteiger partial charge on any atom is -0.496 e. The first-order valence-corrected chi connectivity index (χ1v) is 13.6. The van der Waals surface area contributed by atoms with Crippen molar-refractivity contribution in [2.75, 3.05) is 11.4 Å². The molecule has 2 aromatic carbocycles. The summed E-state index contributed by atoms with van der Waals surface area (Å²) in [5.74, 6) is 1.57. The van der Waals surface area contributed by atoms with Gasteiger partial charge in [-0.3, -0.25) is 4.31 Å². The Kier molecular flexibility index (Phi) is 7.27. The molecule has 36 heavy (non-hydrogen) atoms. The third-order valence-electron chi connectivity index (χ3n) is 5.65. The number of anilines is 1. The summed E-state index contributed by atoms with van der Waals surface area (Å²) in [4.78, 5) is 4.24. The van der Waals surface area contributed by atoms with Gasteiger partial charge in [0.25, 0.3) is 10.0 Å². The van der Waals surface area contributed by atoms with Crippen molar-refractivity contribution in [3.63, 3.8) is 0 Å². The molecule has 0 unspecified atom stereocenters. The predicted octanol–water partition coefficient (Wildman–Crippen LogP) is 4.44. The molecule has 0 bridgehead atoms. The quantitative estimate of drug-likeness (QED) is 0.338. The van der Waals surface area contributed by atoms with E-state index in [9.17, 15) is 8.42 Å². The van der Waals surface area contributed by atoms with E-state index in [1.54, 1.807) is 19.4 Å². The first-order chi connectivity index (χ1) is 17.1. The molecule has 0 atom stereocenters. The lowest BCUT2D eigenvalue weighted by atomic mass is 10.1. The van der Waals surface area contributed by atoms with Gasteiger partial charge in [-0.2, -0.15) is 8.42 Å². The molecule has 4 aromatic rings. The molecule has 2 heterocycles. The highest BCUT2D eigenvalue weighted by Gasteiger charge is 2.32. The molecule has 0 aliphatic heterocycles. The second-order valence-electron chi connectivity index (χ2n) is 8.62. The Morgan fingerprint density at radius 3 is 2.44 bits per heavy atom. The van der Waals surface area contributed by atoms with E-state index in [2.05, 4.69) is 25.6 Å². The Hall–Kier alpha value is -3.51. The van der Waals surface area contributed by atoms with Crippen LogP contribution in [-0.4, -0.2) is 47.2 Å². The largest absolute Gasteiger partial charge is 0.496 e. The number of H-pyrrole nitrogens is 1. The van der Waals surface area contributed by atoms with Crippen molar-refractivity contribution < 1.29 is 17.9 Å². The molecule has 0 fully saturated rings. The van der Waals surface area contributed by atoms with E-state index in [1.165, 1.54) is 4.31 Å². The number of benzene rings is 2. The average Bonchev–Trinajstić information content (AvgIpc) is 3.52. The topological polar surface area (TPSA) is 123 Å². The number of aryl methyl sites for hydroxylation is 3. The summed E-state index contributed by atoms with van der Waals surface area (Å²) in [6, 6.07) is 8.89. The van der Waals surface area contributed by atoms with E-state index in [0.29, 0.717) is 28.7 Å². The lowest BCUT2D eigenvalue weighted by Gasteiger charge is -2.29. The van der Waals surface area contributed by atoms with Gasteiger partial charge in [0.05, 0.1) is 12.8 Å². The summed E-state index contributed by atoms with van der Waals surface area (Å²) < 4.78 is 40.5. The summed E-state index contributed by atoms with van der Waals surface area (Å²) in [7, 11) is -2.32. The highest BCUT2D eigenvalue weighted by Crippen LogP contribution is 2.38. The van der Waals surface area contributed by atoms with Crippen LogP contribution in [-0.2, 0) is 16.6 Å². The molecule has 0 spiro atoms. The zero-order valence-electron chi connectivity index (χ0n) is 20.9. The fourth-order valence-corrected chi connectivity index (χ4v) is 6.51. The molecule has 10 nitrogen and oxygen atoms in total. The Bertz CT molecular complexity index is 1470. The van der Waals surface area contributed by atoms with Crippen LogP contribution >= 0.6 is 11.3 Å². The number of tetrazole rings is 1. The van der Waals surface area contributed by atoms with Crippen molar-refractivity contribution in [3.05, 3.63) is 58.1 Å². The Balaban J connectivity index is 1.71. The summed E-state index contributed by atoms with van der Waals surface area (Å²) in [6.07, 6.45) is 0. The standard InChI is InChI=1S/C24H28N6O4S2/c1-14(2)30(36(31,32)24-25-17(5)13-35-24)20-9-15(3)16(4)10-22(20)34-12-19-8-7-18(11-21(19)33-6)23-26-28-29-27-23/h7-11,13-14H,12H2,1-6H3,(H,26,27,28,29). The van der Waals surface area contributed by atoms with Crippen molar-refractivity contribution in [3.8, 4) is 22.9 Å². The Labute approximate surface area is 214 Å². The second-order valence-corrected chi connectivity index (χ2v) is 11.5. The molecular formula is C24H28N6O4S2. The predicted molar refractivity (Wildman–Crippen MR) is 138 cm³/mol. The van der Waals surface area contributed by atoms with Crippen LogP contribution in [0, 0.1) is 20.8 Å². The number of ether oxygens (including phenoxy) is 2. The van der Waals surface area contributed by atoms with E-state index in [4.69, 9.17) is 9.47 Å². The number of hydrogen-bond donors (Lipinski definition) is 1. The first kappa shape index (κ1) is 25.6. The zero-order valence-corrected chi connectivity index (χ0v) is 22.6. The van der Waals surface area contributed by atoms with Gasteiger partial charge in [-0.15, -0.1) is 16.4 Å². The van der Waals surface area contributed by atoms with E-state index in [1.807, 2.05) is 58.0 Å². The smallest absolute Gasteiger partial charge is 0.292 e. The maximum Gasteiger partial charge on any atom is 0.292 e. The highest BCUT2D eigenvalue weighted by molar-refractivity contribution is 7.94. The summed E-state index contributed by atoms with van der Waals surface area (Å²) >= 11 is 1.11. The molecule has 2 aromatic heterocycles. The van der Waals surface area contributed by atoms with E-state index >= 15 is 0 Å². The number of methoxy groups -OCH3 is 1. The Morgan fingerprint density at radius 1 is 1.08 bits per heavy atom.